The maximum absolute atomic E-state index is 13.5. The molecule has 1 saturated carbocycles. The molecule has 2 aromatic heterocycles. The fraction of sp³-hybridized carbons (Fsp3) is 0.465. The van der Waals surface area contributed by atoms with Crippen molar-refractivity contribution in [3.05, 3.63) is 93.8 Å². The number of rotatable bonds is 16. The zero-order valence-electron chi connectivity index (χ0n) is 34.9. The number of aromatic nitrogens is 4. The number of hydrogen-bond donors (Lipinski definition) is 2. The molecule has 4 aromatic rings. The molecule has 3 aliphatic rings. The summed E-state index contributed by atoms with van der Waals surface area (Å²) < 4.78 is 47.7. The Morgan fingerprint density at radius 3 is 2.48 bits per heavy atom. The number of methoxy groups -OCH3 is 3. The monoisotopic (exact) mass is 877 g/mol. The van der Waals surface area contributed by atoms with E-state index in [1.54, 1.807) is 33.3 Å². The molecule has 1 unspecified atom stereocenters. The molecule has 1 spiro atoms. The number of anilines is 1. The van der Waals surface area contributed by atoms with Crippen molar-refractivity contribution in [1.29, 1.82) is 0 Å². The summed E-state index contributed by atoms with van der Waals surface area (Å²) in [5.74, 6) is -0.647. The molecule has 3 heterocycles. The molecule has 61 heavy (non-hydrogen) atoms. The summed E-state index contributed by atoms with van der Waals surface area (Å²) in [6.07, 6.45) is 10.2. The molecule has 16 nitrogen and oxygen atoms in total. The molecular weight excluding hydrogens is 826 g/mol. The van der Waals surface area contributed by atoms with E-state index in [0.717, 1.165) is 37.8 Å². The Hall–Kier alpha value is -5.23. The van der Waals surface area contributed by atoms with Gasteiger partial charge in [0, 0.05) is 69.1 Å². The van der Waals surface area contributed by atoms with Crippen LogP contribution in [0.5, 0.6) is 17.5 Å². The highest BCUT2D eigenvalue weighted by Gasteiger charge is 2.44. The number of ether oxygens (including phenoxy) is 5. The van der Waals surface area contributed by atoms with E-state index in [1.165, 1.54) is 47.1 Å². The minimum atomic E-state index is -1.84. The first-order chi connectivity index (χ1) is 29.3. The van der Waals surface area contributed by atoms with Crippen LogP contribution >= 0.6 is 11.6 Å². The van der Waals surface area contributed by atoms with Gasteiger partial charge in [0.05, 0.1) is 44.0 Å². The highest BCUT2D eigenvalue weighted by Crippen LogP contribution is 2.47. The third kappa shape index (κ3) is 9.64. The largest absolute Gasteiger partial charge is 0.593 e. The number of primary amides is 1. The highest BCUT2D eigenvalue weighted by molar-refractivity contribution is 7.90. The second-order valence-corrected chi connectivity index (χ2v) is 17.6. The minimum absolute atomic E-state index is 0.0364. The van der Waals surface area contributed by atoms with Crippen molar-refractivity contribution >= 4 is 46.4 Å². The molecule has 0 bridgehead atoms. The maximum Gasteiger partial charge on any atom is 0.345 e. The Labute approximate surface area is 362 Å². The quantitative estimate of drug-likeness (QED) is 0.0896. The Morgan fingerprint density at radius 2 is 1.79 bits per heavy atom. The van der Waals surface area contributed by atoms with Crippen molar-refractivity contribution in [3.63, 3.8) is 0 Å². The van der Waals surface area contributed by atoms with Crippen molar-refractivity contribution < 1.29 is 42.6 Å². The lowest BCUT2D eigenvalue weighted by atomic mass is 9.68. The molecule has 2 amide bonds. The fourth-order valence-electron chi connectivity index (χ4n) is 8.80. The van der Waals surface area contributed by atoms with Crippen LogP contribution in [-0.4, -0.2) is 101 Å². The first-order valence-electron chi connectivity index (χ1n) is 20.2. The fourth-order valence-corrected chi connectivity index (χ4v) is 9.86. The van der Waals surface area contributed by atoms with E-state index < -0.39 is 35.2 Å². The van der Waals surface area contributed by atoms with Crippen molar-refractivity contribution in [1.82, 2.24) is 24.3 Å². The summed E-state index contributed by atoms with van der Waals surface area (Å²) in [5.41, 5.74) is 9.43. The number of nitrogens with one attached hydrogen (secondary N) is 1. The van der Waals surface area contributed by atoms with Gasteiger partial charge in [0.1, 0.15) is 28.7 Å². The molecule has 2 aliphatic carbocycles. The number of carbonyl (C=O) groups is 3. The first kappa shape index (κ1) is 43.8. The Balaban J connectivity index is 1.10. The van der Waals surface area contributed by atoms with Crippen LogP contribution in [0.25, 0.3) is 0 Å². The zero-order valence-corrected chi connectivity index (χ0v) is 36.5. The van der Waals surface area contributed by atoms with Crippen LogP contribution in [-0.2, 0) is 46.8 Å². The molecule has 2 aromatic carbocycles. The first-order valence-corrected chi connectivity index (χ1v) is 21.9. The van der Waals surface area contributed by atoms with Crippen molar-refractivity contribution in [3.8, 4) is 17.5 Å². The summed E-state index contributed by atoms with van der Waals surface area (Å²) in [6, 6.07) is 11.5. The van der Waals surface area contributed by atoms with Gasteiger partial charge in [-0.2, -0.15) is 4.72 Å². The number of esters is 1. The van der Waals surface area contributed by atoms with Crippen LogP contribution in [0.3, 0.4) is 0 Å². The van der Waals surface area contributed by atoms with Gasteiger partial charge in [0.25, 0.3) is 5.91 Å². The number of nitrogens with zero attached hydrogens (tertiary/aromatic N) is 5. The molecule has 0 saturated heterocycles. The average molecular weight is 878 g/mol. The molecule has 0 radical (unpaired) electrons. The van der Waals surface area contributed by atoms with E-state index in [0.29, 0.717) is 36.0 Å². The summed E-state index contributed by atoms with van der Waals surface area (Å²) in [7, 11) is 7.76. The lowest BCUT2D eigenvalue weighted by molar-refractivity contribution is 0.0118. The number of amides is 2. The van der Waals surface area contributed by atoms with Gasteiger partial charge in [-0.1, -0.05) is 23.7 Å². The zero-order chi connectivity index (χ0) is 43.4. The SMILES string of the molecule is COc1nn(C)cc1C(=O)N[S+]([O-])CC[C@H](/C=C/[C@H](OC)[C@@H]1CC[C@H]1CN1C[C@@]2(CCCc3cc(Cl)ccc32)COc2ccc(C(N)=O)cc21)OC(=O)c1cn(C)nc1OC. The summed E-state index contributed by atoms with van der Waals surface area (Å²) >= 11 is 4.62. The number of halogens is 1. The summed E-state index contributed by atoms with van der Waals surface area (Å²) in [5, 5.41) is 8.97. The van der Waals surface area contributed by atoms with E-state index in [9.17, 15) is 18.9 Å². The predicted molar refractivity (Wildman–Crippen MR) is 229 cm³/mol. The normalized spacial score (nSPS) is 21.0. The standard InChI is InChI=1S/C43H52ClN7O9S/c1-49-22-32(40(46-49)57-4)39(53)48-61(55)18-16-30(60-42(54)33-23-50(2)47-41(33)58-5)11-15-36(56-3)31-12-8-28(31)21-51-24-43(17-6-7-26-19-29(44)10-13-34(26)43)25-59-37-14-9-27(38(45)52)20-35(37)51/h9-11,13-15,19-20,22-23,28,30-31,36H,6-8,12,16-18,21,24-25H2,1-5H3,(H2,45,52)(H,48,53)/b15-11+/t28-,30-,31+,36-,43-,61?/m0/s1. The molecule has 1 aliphatic heterocycles. The number of fused-ring (bicyclic) bond motifs is 3. The van der Waals surface area contributed by atoms with Crippen molar-refractivity contribution in [2.75, 3.05) is 51.7 Å². The number of hydrogen-bond acceptors (Lipinski definition) is 12. The summed E-state index contributed by atoms with van der Waals surface area (Å²) in [6.45, 7) is 1.82. The Bertz CT molecular complexity index is 2280. The lowest BCUT2D eigenvalue weighted by Gasteiger charge is -2.46. The number of benzene rings is 2. The molecule has 326 valence electrons. The number of nitrogens with two attached hydrogens (primary N) is 1. The molecule has 1 fully saturated rings. The van der Waals surface area contributed by atoms with Crippen LogP contribution in [0, 0.1) is 11.8 Å². The van der Waals surface area contributed by atoms with Gasteiger partial charge in [0.15, 0.2) is 0 Å². The van der Waals surface area contributed by atoms with E-state index in [1.807, 2.05) is 24.3 Å². The second-order valence-electron chi connectivity index (χ2n) is 15.9. The number of carbonyl (C=O) groups excluding carboxylic acids is 3. The van der Waals surface area contributed by atoms with Crippen LogP contribution in [0.4, 0.5) is 5.69 Å². The topological polar surface area (TPSA) is 197 Å². The van der Waals surface area contributed by atoms with E-state index >= 15 is 0 Å². The molecule has 3 N–H and O–H groups in total. The van der Waals surface area contributed by atoms with E-state index in [-0.39, 0.29) is 58.4 Å². The van der Waals surface area contributed by atoms with Crippen LogP contribution in [0.2, 0.25) is 5.02 Å². The van der Waals surface area contributed by atoms with Gasteiger partial charge in [-0.05, 0) is 91.5 Å². The predicted octanol–water partition coefficient (Wildman–Crippen LogP) is 4.70. The van der Waals surface area contributed by atoms with Gasteiger partial charge in [-0.25, -0.2) is 4.79 Å². The van der Waals surface area contributed by atoms with E-state index in [4.69, 9.17) is 41.0 Å². The van der Waals surface area contributed by atoms with Gasteiger partial charge in [-0.15, -0.1) is 10.2 Å². The Kier molecular flexibility index (Phi) is 13.5. The van der Waals surface area contributed by atoms with Crippen LogP contribution in [0.15, 0.2) is 60.9 Å². The third-order valence-electron chi connectivity index (χ3n) is 12.0. The molecular formula is C43H52ClN7O9S. The van der Waals surface area contributed by atoms with Crippen molar-refractivity contribution in [2.24, 2.45) is 31.7 Å². The lowest BCUT2D eigenvalue weighted by Crippen LogP contribution is -2.49. The van der Waals surface area contributed by atoms with Gasteiger partial charge in [-0.3, -0.25) is 19.0 Å². The smallest absolute Gasteiger partial charge is 0.345 e. The molecule has 18 heteroatoms. The minimum Gasteiger partial charge on any atom is -0.593 e. The number of aryl methyl sites for hydroxylation is 3. The van der Waals surface area contributed by atoms with Crippen LogP contribution in [0.1, 0.15) is 74.3 Å². The molecule has 6 atom stereocenters. The third-order valence-corrected chi connectivity index (χ3v) is 13.2. The average Bonchev–Trinajstić information content (AvgIpc) is 3.78. The van der Waals surface area contributed by atoms with Crippen molar-refractivity contribution in [2.45, 2.75) is 56.1 Å². The van der Waals surface area contributed by atoms with Gasteiger partial charge < -0.3 is 38.9 Å². The summed E-state index contributed by atoms with van der Waals surface area (Å²) in [4.78, 5) is 41.2. The van der Waals surface area contributed by atoms with Gasteiger partial charge in [0.2, 0.25) is 17.7 Å². The second kappa shape index (κ2) is 18.8. The van der Waals surface area contributed by atoms with E-state index in [2.05, 4.69) is 32.0 Å². The van der Waals surface area contributed by atoms with Gasteiger partial charge >= 0.3 is 5.97 Å². The molecule has 7 rings (SSSR count). The highest BCUT2D eigenvalue weighted by atomic mass is 35.5. The van der Waals surface area contributed by atoms with Crippen LogP contribution < -0.4 is 29.6 Å². The Morgan fingerprint density at radius 1 is 1.05 bits per heavy atom. The maximum atomic E-state index is 13.5.